The van der Waals surface area contributed by atoms with Crippen molar-refractivity contribution >= 4 is 17.8 Å². The van der Waals surface area contributed by atoms with Gasteiger partial charge < -0.3 is 14.4 Å². The molecule has 7 nitrogen and oxygen atoms in total. The Labute approximate surface area is 267 Å². The first-order chi connectivity index (χ1) is 20.7. The average Bonchev–Trinajstić information content (AvgIpc) is 3.40. The number of benzene rings is 2. The summed E-state index contributed by atoms with van der Waals surface area (Å²) in [5, 5.41) is 0. The molecule has 0 saturated carbocycles. The van der Waals surface area contributed by atoms with Gasteiger partial charge in [0.1, 0.15) is 28.2 Å². The molecule has 2 aromatic carbocycles. The van der Waals surface area contributed by atoms with Crippen molar-refractivity contribution < 1.29 is 32.6 Å². The maximum atomic E-state index is 14.6. The highest BCUT2D eigenvalue weighted by atomic mass is 19.1. The van der Waals surface area contributed by atoms with Crippen LogP contribution in [0.2, 0.25) is 0 Å². The third kappa shape index (κ3) is 8.48. The van der Waals surface area contributed by atoms with Gasteiger partial charge in [0.2, 0.25) is 0 Å². The van der Waals surface area contributed by atoms with Gasteiger partial charge in [0.05, 0.1) is 6.04 Å². The summed E-state index contributed by atoms with van der Waals surface area (Å²) in [5.41, 5.74) is -1.87. The molecular weight excluding hydrogens is 578 g/mol. The van der Waals surface area contributed by atoms with Gasteiger partial charge in [-0.2, -0.15) is 0 Å². The third-order valence-electron chi connectivity index (χ3n) is 8.49. The van der Waals surface area contributed by atoms with Gasteiger partial charge in [-0.3, -0.25) is 19.3 Å². The Kier molecular flexibility index (Phi) is 10.9. The van der Waals surface area contributed by atoms with Crippen LogP contribution in [0.1, 0.15) is 92.4 Å². The summed E-state index contributed by atoms with van der Waals surface area (Å²) >= 11 is 0. The van der Waals surface area contributed by atoms with Crippen molar-refractivity contribution in [1.29, 1.82) is 0 Å². The Morgan fingerprint density at radius 2 is 1.18 bits per heavy atom. The molecule has 6 atom stereocenters. The predicted molar refractivity (Wildman–Crippen MR) is 171 cm³/mol. The predicted octanol–water partition coefficient (Wildman–Crippen LogP) is 7.03. The van der Waals surface area contributed by atoms with Crippen LogP contribution in [0.4, 0.5) is 8.78 Å². The SMILES string of the molecule is C[C@H](c1ccccc1)N1CC(F)[C@](C)(C(=O)OC(C)(C)C)C1.C[C@H](c1ccccc1)N1C[C@@](C)(C(=O)OC(C)(C)C)C(F)C1=O. The Bertz CT molecular complexity index is 1330. The molecule has 4 rings (SSSR count). The number of amides is 1. The van der Waals surface area contributed by atoms with Gasteiger partial charge in [0.15, 0.2) is 6.17 Å². The molecule has 45 heavy (non-hydrogen) atoms. The van der Waals surface area contributed by atoms with E-state index >= 15 is 0 Å². The standard InChI is InChI=1S/C18H24FNO3.C18H26FNO2/c1-12(13-9-7-6-8-10-13)20-11-18(5,14(19)15(20)21)16(22)23-17(2,3)4;1-13(14-9-7-6-8-10-14)20-11-15(19)18(5,12-20)16(21)22-17(2,3)4/h6-10,12,14H,11H2,1-5H3;6-10,13,15H,11-12H2,1-5H3/t12-,14?,18-;13-,15?,18-/m11/s1. The molecule has 1 amide bonds. The van der Waals surface area contributed by atoms with Crippen molar-refractivity contribution in [3.63, 3.8) is 0 Å². The van der Waals surface area contributed by atoms with Crippen LogP contribution in [0.15, 0.2) is 60.7 Å². The fraction of sp³-hybridized carbons (Fsp3) is 0.583. The van der Waals surface area contributed by atoms with Crippen LogP contribution in [-0.2, 0) is 23.9 Å². The van der Waals surface area contributed by atoms with Crippen LogP contribution in [0, 0.1) is 10.8 Å². The Hall–Kier alpha value is -3.33. The van der Waals surface area contributed by atoms with E-state index in [4.69, 9.17) is 9.47 Å². The van der Waals surface area contributed by atoms with Crippen molar-refractivity contribution in [2.75, 3.05) is 19.6 Å². The minimum Gasteiger partial charge on any atom is -0.459 e. The number of alkyl halides is 2. The normalized spacial score (nSPS) is 26.9. The minimum absolute atomic E-state index is 0.0119. The highest BCUT2D eigenvalue weighted by Gasteiger charge is 2.57. The van der Waals surface area contributed by atoms with Crippen LogP contribution in [0.25, 0.3) is 0 Å². The van der Waals surface area contributed by atoms with Gasteiger partial charge >= 0.3 is 11.9 Å². The zero-order chi connectivity index (χ0) is 34.0. The number of carbonyl (C=O) groups is 3. The van der Waals surface area contributed by atoms with Crippen LogP contribution in [0.3, 0.4) is 0 Å². The summed E-state index contributed by atoms with van der Waals surface area (Å²) < 4.78 is 39.9. The van der Waals surface area contributed by atoms with Crippen molar-refractivity contribution in [1.82, 2.24) is 9.80 Å². The molecule has 2 aliphatic heterocycles. The largest absolute Gasteiger partial charge is 0.459 e. The van der Waals surface area contributed by atoms with Crippen LogP contribution < -0.4 is 0 Å². The zero-order valence-electron chi connectivity index (χ0n) is 28.4. The van der Waals surface area contributed by atoms with Crippen LogP contribution in [0.5, 0.6) is 0 Å². The summed E-state index contributed by atoms with van der Waals surface area (Å²) in [6.45, 7) is 18.2. The fourth-order valence-electron chi connectivity index (χ4n) is 5.55. The number of esters is 2. The number of likely N-dealkylation sites (tertiary alicyclic amines) is 2. The van der Waals surface area contributed by atoms with E-state index in [1.54, 1.807) is 48.5 Å². The number of rotatable bonds is 6. The van der Waals surface area contributed by atoms with Crippen molar-refractivity contribution in [3.05, 3.63) is 71.8 Å². The molecule has 2 aliphatic rings. The molecule has 0 radical (unpaired) electrons. The molecule has 0 aromatic heterocycles. The van der Waals surface area contributed by atoms with Gasteiger partial charge in [-0.05, 0) is 80.4 Å². The van der Waals surface area contributed by atoms with Crippen LogP contribution >= 0.6 is 0 Å². The number of hydrogen-bond acceptors (Lipinski definition) is 6. The van der Waals surface area contributed by atoms with Gasteiger partial charge in [0, 0.05) is 25.7 Å². The Balaban J connectivity index is 0.000000246. The lowest BCUT2D eigenvalue weighted by Gasteiger charge is -2.30. The van der Waals surface area contributed by atoms with Gasteiger partial charge in [-0.15, -0.1) is 0 Å². The van der Waals surface area contributed by atoms with Gasteiger partial charge in [-0.1, -0.05) is 60.7 Å². The molecule has 2 unspecified atom stereocenters. The summed E-state index contributed by atoms with van der Waals surface area (Å²) in [4.78, 5) is 40.6. The summed E-state index contributed by atoms with van der Waals surface area (Å²) in [5.74, 6) is -1.78. The summed E-state index contributed by atoms with van der Waals surface area (Å²) in [7, 11) is 0. The lowest BCUT2D eigenvalue weighted by atomic mass is 9.87. The van der Waals surface area contributed by atoms with Gasteiger partial charge in [0.25, 0.3) is 5.91 Å². The van der Waals surface area contributed by atoms with E-state index in [1.807, 2.05) is 79.4 Å². The number of ether oxygens (including phenoxy) is 2. The zero-order valence-corrected chi connectivity index (χ0v) is 28.4. The van der Waals surface area contributed by atoms with Crippen molar-refractivity contribution in [2.45, 2.75) is 105 Å². The molecule has 2 fully saturated rings. The van der Waals surface area contributed by atoms with E-state index < -0.39 is 52.2 Å². The molecule has 0 spiro atoms. The molecule has 0 bridgehead atoms. The van der Waals surface area contributed by atoms with Gasteiger partial charge in [-0.25, -0.2) is 8.78 Å². The summed E-state index contributed by atoms with van der Waals surface area (Å²) in [6, 6.07) is 19.1. The van der Waals surface area contributed by atoms with E-state index in [-0.39, 0.29) is 25.2 Å². The molecule has 2 heterocycles. The van der Waals surface area contributed by atoms with E-state index in [1.165, 1.54) is 11.8 Å². The number of nitrogens with zero attached hydrogens (tertiary/aromatic N) is 2. The molecule has 248 valence electrons. The molecule has 0 aliphatic carbocycles. The Morgan fingerprint density at radius 1 is 0.756 bits per heavy atom. The Morgan fingerprint density at radius 3 is 1.62 bits per heavy atom. The molecular formula is C36H50F2N2O5. The molecule has 2 saturated heterocycles. The lowest BCUT2D eigenvalue weighted by molar-refractivity contribution is -0.170. The first-order valence-electron chi connectivity index (χ1n) is 15.6. The fourth-order valence-corrected chi connectivity index (χ4v) is 5.55. The van der Waals surface area contributed by atoms with E-state index in [2.05, 4.69) is 0 Å². The molecule has 2 aromatic rings. The topological polar surface area (TPSA) is 76.2 Å². The maximum Gasteiger partial charge on any atom is 0.317 e. The highest BCUT2D eigenvalue weighted by Crippen LogP contribution is 2.41. The van der Waals surface area contributed by atoms with Crippen molar-refractivity contribution in [2.24, 2.45) is 10.8 Å². The maximum absolute atomic E-state index is 14.6. The third-order valence-corrected chi connectivity index (χ3v) is 8.49. The second kappa shape index (κ2) is 13.6. The first-order valence-corrected chi connectivity index (χ1v) is 15.6. The quantitative estimate of drug-likeness (QED) is 0.320. The smallest absolute Gasteiger partial charge is 0.317 e. The average molecular weight is 629 g/mol. The lowest BCUT2D eigenvalue weighted by Crippen LogP contribution is -2.42. The molecule has 9 heteroatoms. The van der Waals surface area contributed by atoms with E-state index in [0.29, 0.717) is 6.54 Å². The van der Waals surface area contributed by atoms with E-state index in [0.717, 1.165) is 11.1 Å². The second-order valence-electron chi connectivity index (χ2n) is 14.7. The molecule has 0 N–H and O–H groups in total. The number of carbonyl (C=O) groups excluding carboxylic acids is 3. The monoisotopic (exact) mass is 628 g/mol. The number of halogens is 2. The van der Waals surface area contributed by atoms with Crippen molar-refractivity contribution in [3.8, 4) is 0 Å². The second-order valence-corrected chi connectivity index (χ2v) is 14.7. The highest BCUT2D eigenvalue weighted by molar-refractivity contribution is 5.93. The van der Waals surface area contributed by atoms with E-state index in [9.17, 15) is 23.2 Å². The summed E-state index contributed by atoms with van der Waals surface area (Å²) in [6.07, 6.45) is -3.10. The number of hydrogen-bond donors (Lipinski definition) is 0. The minimum atomic E-state index is -1.89. The van der Waals surface area contributed by atoms with Crippen LogP contribution in [-0.4, -0.2) is 70.8 Å². The first kappa shape index (κ1) is 36.1.